The summed E-state index contributed by atoms with van der Waals surface area (Å²) in [5.74, 6) is 0. The van der Waals surface area contributed by atoms with E-state index < -0.39 is 15.6 Å². The highest BCUT2D eigenvalue weighted by Crippen LogP contribution is 2.30. The number of anilines is 1. The highest BCUT2D eigenvalue weighted by Gasteiger charge is 2.34. The second kappa shape index (κ2) is 5.64. The van der Waals surface area contributed by atoms with Gasteiger partial charge >= 0.3 is 0 Å². The Bertz CT molecular complexity index is 577. The average molecular weight is 347 g/mol. The molecule has 0 aliphatic heterocycles. The number of nitrogens with two attached hydrogens (primary N) is 1. The minimum absolute atomic E-state index is 0.207. The zero-order valence-electron chi connectivity index (χ0n) is 11.4. The van der Waals surface area contributed by atoms with Gasteiger partial charge in [-0.25, -0.2) is 8.42 Å². The fraction of sp³-hybridized carbons (Fsp3) is 0.385. The van der Waals surface area contributed by atoms with Crippen molar-refractivity contribution in [1.29, 1.82) is 0 Å². The Morgan fingerprint density at radius 1 is 1.42 bits per heavy atom. The maximum absolute atomic E-state index is 12.7. The largest absolute Gasteiger partial charge is 0.399 e. The fourth-order valence-electron chi connectivity index (χ4n) is 1.69. The molecule has 19 heavy (non-hydrogen) atoms. The Morgan fingerprint density at radius 3 is 2.42 bits per heavy atom. The molecule has 106 valence electrons. The van der Waals surface area contributed by atoms with Gasteiger partial charge in [0.05, 0.1) is 4.90 Å². The molecule has 0 heterocycles. The molecule has 6 heteroatoms. The molecule has 0 bridgehead atoms. The van der Waals surface area contributed by atoms with Gasteiger partial charge in [0, 0.05) is 22.2 Å². The number of nitrogens with zero attached hydrogens (tertiary/aromatic N) is 1. The molecule has 0 unspecified atom stereocenters. The Balaban J connectivity index is 3.39. The third-order valence-corrected chi connectivity index (χ3v) is 5.67. The van der Waals surface area contributed by atoms with Gasteiger partial charge in [-0.15, -0.1) is 6.58 Å². The molecule has 0 aromatic heterocycles. The molecule has 0 saturated carbocycles. The van der Waals surface area contributed by atoms with Crippen molar-refractivity contribution in [2.45, 2.75) is 31.2 Å². The highest BCUT2D eigenvalue weighted by molar-refractivity contribution is 9.10. The number of rotatable bonds is 4. The molecule has 0 aliphatic rings. The van der Waals surface area contributed by atoms with E-state index in [1.807, 2.05) is 20.8 Å². The number of benzene rings is 1. The number of halogens is 1. The van der Waals surface area contributed by atoms with Crippen LogP contribution < -0.4 is 5.73 Å². The van der Waals surface area contributed by atoms with Gasteiger partial charge in [-0.05, 0) is 54.9 Å². The van der Waals surface area contributed by atoms with Gasteiger partial charge in [0.25, 0.3) is 0 Å². The van der Waals surface area contributed by atoms with Crippen molar-refractivity contribution in [2.75, 3.05) is 12.3 Å². The van der Waals surface area contributed by atoms with Crippen LogP contribution in [0.25, 0.3) is 0 Å². The summed E-state index contributed by atoms with van der Waals surface area (Å²) in [5, 5.41) is 0. The minimum atomic E-state index is -3.61. The monoisotopic (exact) mass is 346 g/mol. The summed E-state index contributed by atoms with van der Waals surface area (Å²) in [6, 6.07) is 4.67. The first kappa shape index (κ1) is 16.2. The average Bonchev–Trinajstić information content (AvgIpc) is 2.23. The highest BCUT2D eigenvalue weighted by atomic mass is 79.9. The molecular formula is C13H19BrN2O2S. The van der Waals surface area contributed by atoms with Crippen molar-refractivity contribution >= 4 is 31.6 Å². The van der Waals surface area contributed by atoms with E-state index in [0.29, 0.717) is 10.2 Å². The molecule has 0 atom stereocenters. The third kappa shape index (κ3) is 3.58. The summed E-state index contributed by atoms with van der Waals surface area (Å²) in [6.45, 7) is 9.41. The molecule has 0 amide bonds. The Morgan fingerprint density at radius 2 is 2.00 bits per heavy atom. The maximum Gasteiger partial charge on any atom is 0.244 e. The number of nitrogen functional groups attached to an aromatic ring is 1. The normalized spacial score (nSPS) is 12.7. The lowest BCUT2D eigenvalue weighted by Crippen LogP contribution is -2.45. The number of hydrogen-bond acceptors (Lipinski definition) is 3. The molecule has 0 radical (unpaired) electrons. The van der Waals surface area contributed by atoms with Gasteiger partial charge in [-0.3, -0.25) is 0 Å². The molecule has 4 nitrogen and oxygen atoms in total. The van der Waals surface area contributed by atoms with Crippen LogP contribution in [-0.2, 0) is 10.0 Å². The Hall–Kier alpha value is -0.850. The van der Waals surface area contributed by atoms with Crippen LogP contribution in [0, 0.1) is 0 Å². The summed E-state index contributed by atoms with van der Waals surface area (Å²) in [7, 11) is -3.61. The lowest BCUT2D eigenvalue weighted by molar-refractivity contribution is 0.269. The predicted molar refractivity (Wildman–Crippen MR) is 82.4 cm³/mol. The summed E-state index contributed by atoms with van der Waals surface area (Å²) < 4.78 is 27.3. The van der Waals surface area contributed by atoms with Crippen molar-refractivity contribution in [3.63, 3.8) is 0 Å². The lowest BCUT2D eigenvalue weighted by Gasteiger charge is -2.33. The van der Waals surface area contributed by atoms with E-state index in [1.165, 1.54) is 10.4 Å². The first-order valence-corrected chi connectivity index (χ1v) is 8.03. The molecule has 2 N–H and O–H groups in total. The van der Waals surface area contributed by atoms with E-state index in [1.54, 1.807) is 18.2 Å². The molecule has 0 fully saturated rings. The fourth-order valence-corrected chi connectivity index (χ4v) is 4.51. The molecule has 0 aliphatic carbocycles. The summed E-state index contributed by atoms with van der Waals surface area (Å²) in [4.78, 5) is 0.207. The minimum Gasteiger partial charge on any atom is -0.399 e. The quantitative estimate of drug-likeness (QED) is 0.673. The maximum atomic E-state index is 12.7. The van der Waals surface area contributed by atoms with Crippen molar-refractivity contribution in [3.8, 4) is 0 Å². The molecule has 1 aromatic rings. The molecule has 1 aromatic carbocycles. The van der Waals surface area contributed by atoms with Crippen LogP contribution in [0.3, 0.4) is 0 Å². The molecule has 1 rings (SSSR count). The van der Waals surface area contributed by atoms with E-state index in [0.717, 1.165) is 0 Å². The van der Waals surface area contributed by atoms with Gasteiger partial charge in [0.1, 0.15) is 0 Å². The van der Waals surface area contributed by atoms with Crippen LogP contribution in [0.2, 0.25) is 0 Å². The zero-order valence-corrected chi connectivity index (χ0v) is 13.8. The second-order valence-corrected chi connectivity index (χ2v) is 7.87. The van der Waals surface area contributed by atoms with Gasteiger partial charge in [-0.2, -0.15) is 4.31 Å². The summed E-state index contributed by atoms with van der Waals surface area (Å²) in [5.41, 5.74) is 5.61. The molecule has 0 spiro atoms. The van der Waals surface area contributed by atoms with Crippen molar-refractivity contribution in [2.24, 2.45) is 0 Å². The van der Waals surface area contributed by atoms with Crippen LogP contribution in [0.15, 0.2) is 40.2 Å². The van der Waals surface area contributed by atoms with Crippen molar-refractivity contribution in [1.82, 2.24) is 4.31 Å². The number of sulfonamides is 1. The SMILES string of the molecule is C=CCN(C(C)(C)C)S(=O)(=O)c1ccc(N)cc1Br. The van der Waals surface area contributed by atoms with Crippen LogP contribution in [0.4, 0.5) is 5.69 Å². The third-order valence-electron chi connectivity index (χ3n) is 2.57. The first-order valence-electron chi connectivity index (χ1n) is 5.79. The molecular weight excluding hydrogens is 328 g/mol. The van der Waals surface area contributed by atoms with E-state index in [9.17, 15) is 8.42 Å². The van der Waals surface area contributed by atoms with E-state index in [4.69, 9.17) is 5.73 Å². The van der Waals surface area contributed by atoms with Crippen molar-refractivity contribution in [3.05, 3.63) is 35.3 Å². The van der Waals surface area contributed by atoms with Crippen LogP contribution in [-0.4, -0.2) is 24.8 Å². The van der Waals surface area contributed by atoms with Gasteiger partial charge in [0.2, 0.25) is 10.0 Å². The van der Waals surface area contributed by atoms with Crippen LogP contribution >= 0.6 is 15.9 Å². The predicted octanol–water partition coefficient (Wildman–Crippen LogP) is 3.01. The first-order chi connectivity index (χ1) is 8.60. The lowest BCUT2D eigenvalue weighted by atomic mass is 10.1. The summed E-state index contributed by atoms with van der Waals surface area (Å²) >= 11 is 3.26. The van der Waals surface area contributed by atoms with Gasteiger partial charge in [0.15, 0.2) is 0 Å². The van der Waals surface area contributed by atoms with Crippen LogP contribution in [0.1, 0.15) is 20.8 Å². The van der Waals surface area contributed by atoms with Gasteiger partial charge in [-0.1, -0.05) is 6.08 Å². The van der Waals surface area contributed by atoms with Crippen molar-refractivity contribution < 1.29 is 8.42 Å². The van der Waals surface area contributed by atoms with E-state index in [-0.39, 0.29) is 11.4 Å². The topological polar surface area (TPSA) is 63.4 Å². The Kier molecular flexibility index (Phi) is 4.81. The summed E-state index contributed by atoms with van der Waals surface area (Å²) in [6.07, 6.45) is 1.58. The molecule has 0 saturated heterocycles. The van der Waals surface area contributed by atoms with Crippen LogP contribution in [0.5, 0.6) is 0 Å². The standard InChI is InChI=1S/C13H19BrN2O2S/c1-5-8-16(13(2,3)4)19(17,18)12-7-6-10(15)9-11(12)14/h5-7,9H,1,8,15H2,2-4H3. The number of hydrogen-bond donors (Lipinski definition) is 1. The zero-order chi connectivity index (χ0) is 14.8. The van der Waals surface area contributed by atoms with E-state index in [2.05, 4.69) is 22.5 Å². The van der Waals surface area contributed by atoms with Gasteiger partial charge < -0.3 is 5.73 Å². The second-order valence-electron chi connectivity index (χ2n) is 5.19. The van der Waals surface area contributed by atoms with E-state index >= 15 is 0 Å². The Labute approximate surface area is 123 Å². The smallest absolute Gasteiger partial charge is 0.244 e.